The average molecular weight is 439 g/mol. The molecule has 158 valence electrons. The van der Waals surface area contributed by atoms with Gasteiger partial charge in [-0.2, -0.15) is 10.5 Å². The Morgan fingerprint density at radius 3 is 2.16 bits per heavy atom. The quantitative estimate of drug-likeness (QED) is 0.665. The smallest absolute Gasteiger partial charge is 0.274 e. The van der Waals surface area contributed by atoms with E-state index in [0.717, 1.165) is 27.8 Å². The molecule has 0 saturated carbocycles. The summed E-state index contributed by atoms with van der Waals surface area (Å²) in [6.07, 6.45) is 1.81. The third kappa shape index (κ3) is 3.36. The summed E-state index contributed by atoms with van der Waals surface area (Å²) < 4.78 is 2.26. The van der Waals surface area contributed by atoms with Crippen LogP contribution in [-0.4, -0.2) is 4.57 Å². The molecule has 0 radical (unpaired) electrons. The maximum absolute atomic E-state index is 13.2. The van der Waals surface area contributed by atoms with Crippen molar-refractivity contribution < 1.29 is 0 Å². The van der Waals surface area contributed by atoms with Crippen molar-refractivity contribution in [3.63, 3.8) is 0 Å². The fraction of sp³-hybridized carbons (Fsp3) is 0.192. The van der Waals surface area contributed by atoms with Crippen molar-refractivity contribution in [2.45, 2.75) is 33.6 Å². The van der Waals surface area contributed by atoms with Crippen LogP contribution in [0.4, 0.5) is 0 Å². The summed E-state index contributed by atoms with van der Waals surface area (Å²) in [7, 11) is 0. The van der Waals surface area contributed by atoms with Crippen LogP contribution in [-0.2, 0) is 0 Å². The van der Waals surface area contributed by atoms with Crippen LogP contribution in [0.15, 0.2) is 46.8 Å². The van der Waals surface area contributed by atoms with Gasteiger partial charge in [-0.05, 0) is 67.2 Å². The van der Waals surface area contributed by atoms with Crippen molar-refractivity contribution >= 4 is 28.8 Å². The van der Waals surface area contributed by atoms with Crippen LogP contribution in [0.3, 0.4) is 0 Å². The van der Waals surface area contributed by atoms with Gasteiger partial charge in [-0.3, -0.25) is 9.36 Å². The van der Waals surface area contributed by atoms with Gasteiger partial charge in [-0.1, -0.05) is 36.4 Å². The first-order valence-corrected chi connectivity index (χ1v) is 11.0. The van der Waals surface area contributed by atoms with E-state index < -0.39 is 5.92 Å². The third-order valence-electron chi connectivity index (χ3n) is 6.08. The molecule has 0 unspecified atom stereocenters. The van der Waals surface area contributed by atoms with Gasteiger partial charge in [0.05, 0.1) is 33.7 Å². The standard InChI is InChI=1S/C26H22N4OS/c1-14-5-7-18(9-16(14)3)11-22-25(31)30-24(29)20(12-27)23(21(13-28)26(30)32-22)19-8-6-15(2)17(4)10-19/h5-11,23H,29H2,1-4H3/b22-11-/t23-/m1/s1. The normalized spacial score (nSPS) is 16.0. The Kier molecular flexibility index (Phi) is 5.34. The second kappa shape index (κ2) is 8.00. The number of nitrogens with zero attached hydrogens (tertiary/aromatic N) is 3. The summed E-state index contributed by atoms with van der Waals surface area (Å²) in [6.45, 7) is 8.06. The molecule has 1 aromatic heterocycles. The Morgan fingerprint density at radius 1 is 0.938 bits per heavy atom. The summed E-state index contributed by atoms with van der Waals surface area (Å²) in [5, 5.41) is 20.0. The van der Waals surface area contributed by atoms with Crippen LogP contribution in [0, 0.1) is 50.4 Å². The van der Waals surface area contributed by atoms with E-state index in [9.17, 15) is 15.3 Å². The van der Waals surface area contributed by atoms with E-state index in [1.165, 1.54) is 21.5 Å². The van der Waals surface area contributed by atoms with Gasteiger partial charge in [0.2, 0.25) is 0 Å². The largest absolute Gasteiger partial charge is 0.384 e. The molecular weight excluding hydrogens is 416 g/mol. The van der Waals surface area contributed by atoms with Gasteiger partial charge in [0, 0.05) is 0 Å². The van der Waals surface area contributed by atoms with Crippen molar-refractivity contribution in [2.24, 2.45) is 5.73 Å². The highest BCUT2D eigenvalue weighted by molar-refractivity contribution is 7.07. The Bertz CT molecular complexity index is 1570. The van der Waals surface area contributed by atoms with Gasteiger partial charge >= 0.3 is 0 Å². The molecule has 1 aliphatic heterocycles. The maximum Gasteiger partial charge on any atom is 0.274 e. The molecule has 5 nitrogen and oxygen atoms in total. The maximum atomic E-state index is 13.2. The Morgan fingerprint density at radius 2 is 1.56 bits per heavy atom. The Hall–Kier alpha value is -3.87. The number of hydrogen-bond donors (Lipinski definition) is 1. The van der Waals surface area contributed by atoms with E-state index in [4.69, 9.17) is 5.73 Å². The third-order valence-corrected chi connectivity index (χ3v) is 7.19. The van der Waals surface area contributed by atoms with Crippen molar-refractivity contribution in [3.8, 4) is 12.1 Å². The molecule has 1 aliphatic rings. The molecule has 3 aromatic rings. The zero-order valence-electron chi connectivity index (χ0n) is 18.4. The number of benzene rings is 2. The average Bonchev–Trinajstić information content (AvgIpc) is 3.08. The van der Waals surface area contributed by atoms with Crippen LogP contribution in [0.25, 0.3) is 17.5 Å². The van der Waals surface area contributed by atoms with E-state index in [-0.39, 0.29) is 17.0 Å². The zero-order valence-corrected chi connectivity index (χ0v) is 19.2. The number of nitrogens with two attached hydrogens (primary N) is 1. The van der Waals surface area contributed by atoms with Crippen molar-refractivity contribution in [1.82, 2.24) is 4.57 Å². The van der Waals surface area contributed by atoms with Crippen LogP contribution in [0.1, 0.15) is 39.3 Å². The molecule has 32 heavy (non-hydrogen) atoms. The predicted octanol–water partition coefficient (Wildman–Crippen LogP) is 3.09. The lowest BCUT2D eigenvalue weighted by molar-refractivity contribution is 0.905. The molecule has 0 fully saturated rings. The second-order valence-corrected chi connectivity index (χ2v) is 9.14. The topological polar surface area (TPSA) is 95.6 Å². The number of thiazole rings is 1. The number of allylic oxidation sites excluding steroid dienone is 1. The number of nitriles is 2. The highest BCUT2D eigenvalue weighted by atomic mass is 32.1. The summed E-state index contributed by atoms with van der Waals surface area (Å²) in [5.41, 5.74) is 12.8. The molecule has 2 N–H and O–H groups in total. The van der Waals surface area contributed by atoms with Gasteiger partial charge in [-0.25, -0.2) is 0 Å². The van der Waals surface area contributed by atoms with Gasteiger partial charge in [0.25, 0.3) is 5.56 Å². The number of hydrogen-bond acceptors (Lipinski definition) is 5. The first-order chi connectivity index (χ1) is 15.3. The molecule has 0 aliphatic carbocycles. The lowest BCUT2D eigenvalue weighted by atomic mass is 9.83. The molecule has 4 rings (SSSR count). The molecule has 2 aromatic carbocycles. The fourth-order valence-electron chi connectivity index (χ4n) is 3.93. The van der Waals surface area contributed by atoms with Crippen molar-refractivity contribution in [3.05, 3.63) is 94.9 Å². The molecule has 6 heteroatoms. The van der Waals surface area contributed by atoms with E-state index in [2.05, 4.69) is 12.1 Å². The molecule has 0 amide bonds. The van der Waals surface area contributed by atoms with Crippen LogP contribution < -0.4 is 20.5 Å². The first kappa shape index (κ1) is 21.4. The summed E-state index contributed by atoms with van der Waals surface area (Å²) >= 11 is 1.23. The SMILES string of the molecule is Cc1ccc(/C=c2\sc3n(c2=O)C(N)=C(C#N)[C@@H](c2ccc(C)c(C)c2)C=3C#N)cc1C. The first-order valence-electron chi connectivity index (χ1n) is 10.2. The minimum Gasteiger partial charge on any atom is -0.384 e. The minimum atomic E-state index is -0.600. The molecule has 1 atom stereocenters. The molecule has 2 heterocycles. The molecule has 0 bridgehead atoms. The summed E-state index contributed by atoms with van der Waals surface area (Å²) in [5.74, 6) is -0.512. The lowest BCUT2D eigenvalue weighted by Crippen LogP contribution is -2.38. The predicted molar refractivity (Wildman–Crippen MR) is 128 cm³/mol. The van der Waals surface area contributed by atoms with Crippen LogP contribution >= 0.6 is 11.3 Å². The summed E-state index contributed by atoms with van der Waals surface area (Å²) in [4.78, 5) is 13.2. The monoisotopic (exact) mass is 438 g/mol. The van der Waals surface area contributed by atoms with Crippen molar-refractivity contribution in [2.75, 3.05) is 0 Å². The molecule has 0 saturated heterocycles. The van der Waals surface area contributed by atoms with E-state index in [0.29, 0.717) is 14.8 Å². The van der Waals surface area contributed by atoms with E-state index in [1.807, 2.05) is 70.2 Å². The Balaban J connectivity index is 2.04. The van der Waals surface area contributed by atoms with E-state index >= 15 is 0 Å². The fourth-order valence-corrected chi connectivity index (χ4v) is 5.06. The van der Waals surface area contributed by atoms with Crippen molar-refractivity contribution in [1.29, 1.82) is 10.5 Å². The van der Waals surface area contributed by atoms with Crippen LogP contribution in [0.2, 0.25) is 0 Å². The molecular formula is C26H22N4OS. The van der Waals surface area contributed by atoms with Gasteiger partial charge in [0.15, 0.2) is 0 Å². The number of rotatable bonds is 2. The highest BCUT2D eigenvalue weighted by Gasteiger charge is 2.32. The summed E-state index contributed by atoms with van der Waals surface area (Å²) in [6, 6.07) is 16.3. The number of aromatic nitrogens is 1. The highest BCUT2D eigenvalue weighted by Crippen LogP contribution is 2.36. The van der Waals surface area contributed by atoms with Gasteiger partial charge in [-0.15, -0.1) is 11.3 Å². The Labute approximate surface area is 190 Å². The minimum absolute atomic E-state index is 0.0886. The number of fused-ring (bicyclic) bond motifs is 1. The van der Waals surface area contributed by atoms with E-state index in [1.54, 1.807) is 0 Å². The lowest BCUT2D eigenvalue weighted by Gasteiger charge is -2.22. The van der Waals surface area contributed by atoms with Gasteiger partial charge in [0.1, 0.15) is 10.5 Å². The zero-order chi connectivity index (χ0) is 23.2. The number of aryl methyl sites for hydroxylation is 4. The van der Waals surface area contributed by atoms with Crippen LogP contribution in [0.5, 0.6) is 0 Å². The van der Waals surface area contributed by atoms with Gasteiger partial charge < -0.3 is 5.73 Å². The second-order valence-electron chi connectivity index (χ2n) is 8.11. The molecule has 0 spiro atoms.